The summed E-state index contributed by atoms with van der Waals surface area (Å²) >= 11 is 0. The van der Waals surface area contributed by atoms with Crippen LogP contribution in [0.3, 0.4) is 0 Å². The molecule has 0 unspecified atom stereocenters. The Kier molecular flexibility index (Phi) is 1.22. The Balaban J connectivity index is 2.27. The standard InChI is InChI=1S/C10H8FNO2/c1-12-8-3-2-6(11)4-7(8)10(5-14-10)9(12)13/h2-4H,5H2,1H3/t10-/m1/s1. The van der Waals surface area contributed by atoms with Crippen LogP contribution in [0.5, 0.6) is 0 Å². The smallest absolute Gasteiger partial charge is 0.266 e. The quantitative estimate of drug-likeness (QED) is 0.576. The summed E-state index contributed by atoms with van der Waals surface area (Å²) in [7, 11) is 1.68. The zero-order chi connectivity index (χ0) is 9.92. The molecule has 1 atom stereocenters. The monoisotopic (exact) mass is 193 g/mol. The first kappa shape index (κ1) is 7.94. The van der Waals surface area contributed by atoms with Gasteiger partial charge in [0.15, 0.2) is 5.60 Å². The fraction of sp³-hybridized carbons (Fsp3) is 0.300. The molecule has 0 aromatic heterocycles. The SMILES string of the molecule is CN1C(=O)[C@@]2(CO2)c2cc(F)ccc21. The Hall–Kier alpha value is -1.42. The van der Waals surface area contributed by atoms with E-state index in [2.05, 4.69) is 0 Å². The van der Waals surface area contributed by atoms with E-state index in [1.54, 1.807) is 13.1 Å². The molecule has 0 N–H and O–H groups in total. The minimum atomic E-state index is -0.855. The number of rotatable bonds is 0. The number of hydrogen-bond acceptors (Lipinski definition) is 2. The van der Waals surface area contributed by atoms with Crippen LogP contribution in [-0.4, -0.2) is 19.6 Å². The molecule has 0 saturated carbocycles. The number of likely N-dealkylation sites (N-methyl/N-ethyl adjacent to an activating group) is 1. The number of amides is 1. The summed E-state index contributed by atoms with van der Waals surface area (Å²) in [6.07, 6.45) is 0. The average Bonchev–Trinajstić information content (AvgIpc) is 2.93. The van der Waals surface area contributed by atoms with Crippen molar-refractivity contribution in [2.24, 2.45) is 0 Å². The number of carbonyl (C=O) groups is 1. The lowest BCUT2D eigenvalue weighted by Crippen LogP contribution is -2.28. The van der Waals surface area contributed by atoms with Gasteiger partial charge in [0.1, 0.15) is 5.82 Å². The van der Waals surface area contributed by atoms with Gasteiger partial charge in [0.25, 0.3) is 5.91 Å². The van der Waals surface area contributed by atoms with Gasteiger partial charge in [0, 0.05) is 12.6 Å². The van der Waals surface area contributed by atoms with Gasteiger partial charge in [-0.15, -0.1) is 0 Å². The van der Waals surface area contributed by atoms with Crippen molar-refractivity contribution in [2.45, 2.75) is 5.60 Å². The molecular formula is C10H8FNO2. The third-order valence-electron chi connectivity index (χ3n) is 2.84. The largest absolute Gasteiger partial charge is 0.354 e. The topological polar surface area (TPSA) is 32.8 Å². The number of epoxide rings is 1. The summed E-state index contributed by atoms with van der Waals surface area (Å²) in [6.45, 7) is 0.368. The number of carbonyl (C=O) groups excluding carboxylic acids is 1. The molecule has 3 nitrogen and oxygen atoms in total. The first-order chi connectivity index (χ1) is 6.65. The molecule has 1 aromatic rings. The van der Waals surface area contributed by atoms with Crippen LogP contribution >= 0.6 is 0 Å². The van der Waals surface area contributed by atoms with Crippen LogP contribution in [0.15, 0.2) is 18.2 Å². The molecule has 3 rings (SSSR count). The highest BCUT2D eigenvalue weighted by molar-refractivity contribution is 6.08. The number of fused-ring (bicyclic) bond motifs is 2. The van der Waals surface area contributed by atoms with E-state index in [1.807, 2.05) is 0 Å². The third-order valence-corrected chi connectivity index (χ3v) is 2.84. The van der Waals surface area contributed by atoms with Gasteiger partial charge in [-0.25, -0.2) is 4.39 Å². The predicted octanol–water partition coefficient (Wildman–Crippen LogP) is 1.03. The number of benzene rings is 1. The normalized spacial score (nSPS) is 28.4. The molecule has 0 radical (unpaired) electrons. The van der Waals surface area contributed by atoms with Gasteiger partial charge in [-0.3, -0.25) is 4.79 Å². The summed E-state index contributed by atoms with van der Waals surface area (Å²) in [6, 6.07) is 4.34. The Morgan fingerprint density at radius 3 is 2.93 bits per heavy atom. The van der Waals surface area contributed by atoms with E-state index in [0.717, 1.165) is 5.69 Å². The van der Waals surface area contributed by atoms with Crippen LogP contribution in [0.1, 0.15) is 5.56 Å². The van der Waals surface area contributed by atoms with Crippen LogP contribution in [0.25, 0.3) is 0 Å². The molecule has 2 aliphatic heterocycles. The Bertz CT molecular complexity index is 440. The number of nitrogens with zero attached hydrogens (tertiary/aromatic N) is 1. The number of hydrogen-bond donors (Lipinski definition) is 0. The van der Waals surface area contributed by atoms with Gasteiger partial charge in [-0.2, -0.15) is 0 Å². The minimum absolute atomic E-state index is 0.0990. The third kappa shape index (κ3) is 0.726. The molecule has 4 heteroatoms. The second-order valence-corrected chi connectivity index (χ2v) is 3.64. The number of halogens is 1. The summed E-state index contributed by atoms with van der Waals surface area (Å²) in [5.41, 5.74) is 0.547. The summed E-state index contributed by atoms with van der Waals surface area (Å²) < 4.78 is 18.2. The molecule has 2 aliphatic rings. The van der Waals surface area contributed by atoms with E-state index < -0.39 is 5.60 Å². The lowest BCUT2D eigenvalue weighted by molar-refractivity contribution is -0.122. The minimum Gasteiger partial charge on any atom is -0.354 e. The molecule has 1 fully saturated rings. The summed E-state index contributed by atoms with van der Waals surface area (Å²) in [5, 5.41) is 0. The first-order valence-corrected chi connectivity index (χ1v) is 4.37. The van der Waals surface area contributed by atoms with Gasteiger partial charge in [-0.05, 0) is 18.2 Å². The van der Waals surface area contributed by atoms with E-state index in [1.165, 1.54) is 17.0 Å². The van der Waals surface area contributed by atoms with Gasteiger partial charge in [0.05, 0.1) is 12.3 Å². The lowest BCUT2D eigenvalue weighted by atomic mass is 10.0. The molecule has 2 heterocycles. The zero-order valence-electron chi connectivity index (χ0n) is 7.58. The highest BCUT2D eigenvalue weighted by Gasteiger charge is 2.61. The van der Waals surface area contributed by atoms with Crippen molar-refractivity contribution in [2.75, 3.05) is 18.6 Å². The van der Waals surface area contributed by atoms with Crippen LogP contribution in [0.2, 0.25) is 0 Å². The highest BCUT2D eigenvalue weighted by Crippen LogP contribution is 2.50. The van der Waals surface area contributed by atoms with Crippen molar-refractivity contribution in [1.82, 2.24) is 0 Å². The predicted molar refractivity (Wildman–Crippen MR) is 47.4 cm³/mol. The maximum atomic E-state index is 13.0. The van der Waals surface area contributed by atoms with Crippen LogP contribution in [0, 0.1) is 5.82 Å². The maximum absolute atomic E-state index is 13.0. The van der Waals surface area contributed by atoms with Gasteiger partial charge in [-0.1, -0.05) is 0 Å². The van der Waals surface area contributed by atoms with E-state index in [9.17, 15) is 9.18 Å². The second-order valence-electron chi connectivity index (χ2n) is 3.64. The molecule has 72 valence electrons. The van der Waals surface area contributed by atoms with Gasteiger partial charge in [0.2, 0.25) is 0 Å². The van der Waals surface area contributed by atoms with Crippen LogP contribution in [-0.2, 0) is 15.1 Å². The fourth-order valence-corrected chi connectivity index (χ4v) is 1.97. The van der Waals surface area contributed by atoms with Crippen molar-refractivity contribution in [3.8, 4) is 0 Å². The number of anilines is 1. The van der Waals surface area contributed by atoms with Crippen molar-refractivity contribution in [3.63, 3.8) is 0 Å². The molecule has 0 aliphatic carbocycles. The van der Waals surface area contributed by atoms with Crippen molar-refractivity contribution < 1.29 is 13.9 Å². The fourth-order valence-electron chi connectivity index (χ4n) is 1.97. The van der Waals surface area contributed by atoms with Gasteiger partial charge >= 0.3 is 0 Å². The molecule has 1 saturated heterocycles. The van der Waals surface area contributed by atoms with E-state index >= 15 is 0 Å². The molecule has 0 bridgehead atoms. The van der Waals surface area contributed by atoms with Crippen molar-refractivity contribution in [3.05, 3.63) is 29.6 Å². The van der Waals surface area contributed by atoms with Gasteiger partial charge < -0.3 is 9.64 Å². The Labute approximate surface area is 80.1 Å². The first-order valence-electron chi connectivity index (χ1n) is 4.37. The van der Waals surface area contributed by atoms with E-state index in [-0.39, 0.29) is 11.7 Å². The second kappa shape index (κ2) is 2.15. The molecule has 1 spiro atoms. The molecular weight excluding hydrogens is 185 g/mol. The average molecular weight is 193 g/mol. The lowest BCUT2D eigenvalue weighted by Gasteiger charge is -2.08. The van der Waals surface area contributed by atoms with E-state index in [4.69, 9.17) is 4.74 Å². The van der Waals surface area contributed by atoms with Crippen LogP contribution in [0.4, 0.5) is 10.1 Å². The molecule has 1 amide bonds. The maximum Gasteiger partial charge on any atom is 0.266 e. The Morgan fingerprint density at radius 1 is 1.57 bits per heavy atom. The van der Waals surface area contributed by atoms with E-state index in [0.29, 0.717) is 12.2 Å². The Morgan fingerprint density at radius 2 is 2.29 bits per heavy atom. The molecule has 14 heavy (non-hydrogen) atoms. The highest BCUT2D eigenvalue weighted by atomic mass is 19.1. The summed E-state index contributed by atoms with van der Waals surface area (Å²) in [4.78, 5) is 13.3. The summed E-state index contributed by atoms with van der Waals surface area (Å²) in [5.74, 6) is -0.431. The van der Waals surface area contributed by atoms with Crippen molar-refractivity contribution in [1.29, 1.82) is 0 Å². The number of ether oxygens (including phenoxy) is 1. The molecule has 1 aromatic carbocycles. The zero-order valence-corrected chi connectivity index (χ0v) is 7.58. The van der Waals surface area contributed by atoms with Crippen molar-refractivity contribution >= 4 is 11.6 Å². The van der Waals surface area contributed by atoms with Crippen LogP contribution < -0.4 is 4.90 Å².